The zero-order valence-corrected chi connectivity index (χ0v) is 12.7. The number of methoxy groups -OCH3 is 1. The molecular formula is C15H23BrO. The molecule has 0 bridgehead atoms. The third-order valence-electron chi connectivity index (χ3n) is 3.08. The van der Waals surface area contributed by atoms with E-state index in [1.54, 1.807) is 7.11 Å². The molecule has 1 atom stereocenters. The van der Waals surface area contributed by atoms with Crippen LogP contribution in [0.25, 0.3) is 0 Å². The fourth-order valence-corrected chi connectivity index (χ4v) is 2.12. The second kappa shape index (κ2) is 7.75. The van der Waals surface area contributed by atoms with Crippen LogP contribution in [0.1, 0.15) is 38.7 Å². The topological polar surface area (TPSA) is 9.23 Å². The van der Waals surface area contributed by atoms with Crippen LogP contribution in [0.15, 0.2) is 24.3 Å². The Morgan fingerprint density at radius 3 is 2.29 bits per heavy atom. The van der Waals surface area contributed by atoms with Crippen LogP contribution < -0.4 is 4.74 Å². The van der Waals surface area contributed by atoms with Gasteiger partial charge in [-0.1, -0.05) is 48.3 Å². The van der Waals surface area contributed by atoms with Crippen LogP contribution in [0.4, 0.5) is 0 Å². The minimum Gasteiger partial charge on any atom is -0.497 e. The highest BCUT2D eigenvalue weighted by Crippen LogP contribution is 2.19. The van der Waals surface area contributed by atoms with E-state index in [4.69, 9.17) is 4.74 Å². The fraction of sp³-hybridized carbons (Fsp3) is 0.600. The Labute approximate surface area is 114 Å². The number of halogens is 1. The van der Waals surface area contributed by atoms with Crippen molar-refractivity contribution in [3.8, 4) is 5.75 Å². The summed E-state index contributed by atoms with van der Waals surface area (Å²) < 4.78 is 5.15. The van der Waals surface area contributed by atoms with E-state index in [2.05, 4.69) is 41.9 Å². The van der Waals surface area contributed by atoms with Gasteiger partial charge in [-0.05, 0) is 42.9 Å². The molecular weight excluding hydrogens is 276 g/mol. The zero-order valence-electron chi connectivity index (χ0n) is 11.1. The molecule has 0 fully saturated rings. The van der Waals surface area contributed by atoms with Gasteiger partial charge in [0.15, 0.2) is 0 Å². The average Bonchev–Trinajstić information content (AvgIpc) is 2.35. The number of hydrogen-bond donors (Lipinski definition) is 0. The SMILES string of the molecule is COc1ccc(CCCCC(Br)C(C)C)cc1. The largest absolute Gasteiger partial charge is 0.497 e. The summed E-state index contributed by atoms with van der Waals surface area (Å²) in [6, 6.07) is 8.40. The Hall–Kier alpha value is -0.500. The normalized spacial score (nSPS) is 12.8. The monoisotopic (exact) mass is 298 g/mol. The molecule has 0 aromatic heterocycles. The molecule has 0 aliphatic heterocycles. The molecule has 0 aliphatic rings. The Bertz CT molecular complexity index is 305. The maximum atomic E-state index is 5.15. The molecule has 2 heteroatoms. The molecule has 1 unspecified atom stereocenters. The Morgan fingerprint density at radius 2 is 1.76 bits per heavy atom. The van der Waals surface area contributed by atoms with Crippen molar-refractivity contribution < 1.29 is 4.74 Å². The van der Waals surface area contributed by atoms with Crippen molar-refractivity contribution in [2.24, 2.45) is 5.92 Å². The molecule has 0 radical (unpaired) electrons. The highest BCUT2D eigenvalue weighted by Gasteiger charge is 2.07. The first-order chi connectivity index (χ1) is 8.13. The lowest BCUT2D eigenvalue weighted by Crippen LogP contribution is -2.06. The van der Waals surface area contributed by atoms with Crippen molar-refractivity contribution in [2.75, 3.05) is 7.11 Å². The number of benzene rings is 1. The first kappa shape index (κ1) is 14.6. The summed E-state index contributed by atoms with van der Waals surface area (Å²) in [4.78, 5) is 0.665. The number of aryl methyl sites for hydroxylation is 1. The summed E-state index contributed by atoms with van der Waals surface area (Å²) in [6.07, 6.45) is 5.00. The maximum absolute atomic E-state index is 5.15. The summed E-state index contributed by atoms with van der Waals surface area (Å²) in [5.41, 5.74) is 1.40. The minimum absolute atomic E-state index is 0.665. The summed E-state index contributed by atoms with van der Waals surface area (Å²) in [5, 5.41) is 0. The van der Waals surface area contributed by atoms with E-state index < -0.39 is 0 Å². The minimum atomic E-state index is 0.665. The van der Waals surface area contributed by atoms with Crippen LogP contribution in [0.5, 0.6) is 5.75 Å². The van der Waals surface area contributed by atoms with Crippen molar-refractivity contribution >= 4 is 15.9 Å². The number of hydrogen-bond acceptors (Lipinski definition) is 1. The summed E-state index contributed by atoms with van der Waals surface area (Å²) in [6.45, 7) is 4.53. The van der Waals surface area contributed by atoms with Gasteiger partial charge in [0.25, 0.3) is 0 Å². The van der Waals surface area contributed by atoms with E-state index in [-0.39, 0.29) is 0 Å². The second-order valence-electron chi connectivity index (χ2n) is 4.85. The van der Waals surface area contributed by atoms with E-state index in [9.17, 15) is 0 Å². The number of unbranched alkanes of at least 4 members (excludes halogenated alkanes) is 1. The van der Waals surface area contributed by atoms with Crippen LogP contribution >= 0.6 is 15.9 Å². The number of rotatable bonds is 7. The maximum Gasteiger partial charge on any atom is 0.118 e. The molecule has 0 saturated carbocycles. The third kappa shape index (κ3) is 5.58. The van der Waals surface area contributed by atoms with E-state index in [0.29, 0.717) is 4.83 Å². The van der Waals surface area contributed by atoms with Gasteiger partial charge in [-0.2, -0.15) is 0 Å². The lowest BCUT2D eigenvalue weighted by Gasteiger charge is -2.13. The molecule has 96 valence electrons. The molecule has 0 saturated heterocycles. The van der Waals surface area contributed by atoms with Crippen molar-refractivity contribution in [2.45, 2.75) is 44.4 Å². The van der Waals surface area contributed by atoms with Crippen LogP contribution in [0.2, 0.25) is 0 Å². The van der Waals surface area contributed by atoms with Gasteiger partial charge in [-0.3, -0.25) is 0 Å². The van der Waals surface area contributed by atoms with Gasteiger partial charge < -0.3 is 4.74 Å². The average molecular weight is 299 g/mol. The fourth-order valence-electron chi connectivity index (χ4n) is 1.79. The highest BCUT2D eigenvalue weighted by atomic mass is 79.9. The Morgan fingerprint density at radius 1 is 1.12 bits per heavy atom. The molecule has 0 aliphatic carbocycles. The van der Waals surface area contributed by atoms with Crippen molar-refractivity contribution in [1.82, 2.24) is 0 Å². The first-order valence-electron chi connectivity index (χ1n) is 6.40. The van der Waals surface area contributed by atoms with E-state index in [1.165, 1.54) is 31.2 Å². The zero-order chi connectivity index (χ0) is 12.7. The lowest BCUT2D eigenvalue weighted by atomic mass is 10.0. The van der Waals surface area contributed by atoms with Crippen molar-refractivity contribution in [3.05, 3.63) is 29.8 Å². The van der Waals surface area contributed by atoms with E-state index >= 15 is 0 Å². The molecule has 17 heavy (non-hydrogen) atoms. The van der Waals surface area contributed by atoms with Crippen LogP contribution in [0.3, 0.4) is 0 Å². The predicted octanol–water partition coefficient (Wildman–Crippen LogP) is 4.83. The molecule has 0 N–H and O–H groups in total. The molecule has 1 nitrogen and oxygen atoms in total. The van der Waals surface area contributed by atoms with Gasteiger partial charge in [0.05, 0.1) is 7.11 Å². The van der Waals surface area contributed by atoms with Crippen molar-refractivity contribution in [3.63, 3.8) is 0 Å². The van der Waals surface area contributed by atoms with Gasteiger partial charge in [0, 0.05) is 4.83 Å². The third-order valence-corrected chi connectivity index (χ3v) is 4.59. The van der Waals surface area contributed by atoms with Crippen LogP contribution in [-0.2, 0) is 6.42 Å². The van der Waals surface area contributed by atoms with Crippen LogP contribution in [-0.4, -0.2) is 11.9 Å². The second-order valence-corrected chi connectivity index (χ2v) is 6.03. The standard InChI is InChI=1S/C15H23BrO/c1-12(2)15(16)7-5-4-6-13-8-10-14(17-3)11-9-13/h8-12,15H,4-7H2,1-3H3. The summed E-state index contributed by atoms with van der Waals surface area (Å²) >= 11 is 3.73. The van der Waals surface area contributed by atoms with Gasteiger partial charge in [0.1, 0.15) is 5.75 Å². The lowest BCUT2D eigenvalue weighted by molar-refractivity contribution is 0.414. The smallest absolute Gasteiger partial charge is 0.118 e. The van der Waals surface area contributed by atoms with Gasteiger partial charge in [-0.15, -0.1) is 0 Å². The van der Waals surface area contributed by atoms with Crippen LogP contribution in [0, 0.1) is 5.92 Å². The number of alkyl halides is 1. The summed E-state index contributed by atoms with van der Waals surface area (Å²) in [5.74, 6) is 1.67. The highest BCUT2D eigenvalue weighted by molar-refractivity contribution is 9.09. The summed E-state index contributed by atoms with van der Waals surface area (Å²) in [7, 11) is 1.71. The van der Waals surface area contributed by atoms with Crippen molar-refractivity contribution in [1.29, 1.82) is 0 Å². The quantitative estimate of drug-likeness (QED) is 0.518. The van der Waals surface area contributed by atoms with Gasteiger partial charge >= 0.3 is 0 Å². The van der Waals surface area contributed by atoms with E-state index in [0.717, 1.165) is 11.7 Å². The van der Waals surface area contributed by atoms with Gasteiger partial charge in [-0.25, -0.2) is 0 Å². The molecule has 1 aromatic carbocycles. The number of ether oxygens (including phenoxy) is 1. The molecule has 1 aromatic rings. The Balaban J connectivity index is 2.22. The first-order valence-corrected chi connectivity index (χ1v) is 7.32. The Kier molecular flexibility index (Phi) is 6.64. The predicted molar refractivity (Wildman–Crippen MR) is 78.1 cm³/mol. The molecule has 1 rings (SSSR count). The molecule has 0 amide bonds. The molecule has 0 spiro atoms. The van der Waals surface area contributed by atoms with E-state index in [1.807, 2.05) is 12.1 Å². The molecule has 0 heterocycles. The van der Waals surface area contributed by atoms with Gasteiger partial charge in [0.2, 0.25) is 0 Å².